The summed E-state index contributed by atoms with van der Waals surface area (Å²) < 4.78 is 0. The van der Waals surface area contributed by atoms with Crippen LogP contribution in [0, 0.1) is 13.8 Å². The highest BCUT2D eigenvalue weighted by molar-refractivity contribution is 5.97. The highest BCUT2D eigenvalue weighted by Crippen LogP contribution is 2.49. The monoisotopic (exact) mass is 290 g/mol. The van der Waals surface area contributed by atoms with Crippen LogP contribution in [0.4, 0.5) is 0 Å². The molecule has 1 aliphatic rings. The minimum absolute atomic E-state index is 0.806. The third kappa shape index (κ3) is 1.62. The van der Waals surface area contributed by atoms with Crippen molar-refractivity contribution in [2.24, 2.45) is 0 Å². The van der Waals surface area contributed by atoms with Gasteiger partial charge in [-0.05, 0) is 58.0 Å². The van der Waals surface area contributed by atoms with Gasteiger partial charge in [0, 0.05) is 0 Å². The van der Waals surface area contributed by atoms with E-state index in [0.717, 1.165) is 38.8 Å². The second-order valence-electron chi connectivity index (χ2n) is 6.06. The zero-order chi connectivity index (χ0) is 15.4. The van der Waals surface area contributed by atoms with E-state index < -0.39 is 12.2 Å². The van der Waals surface area contributed by atoms with Crippen molar-refractivity contribution in [2.45, 2.75) is 26.1 Å². The van der Waals surface area contributed by atoms with Crippen molar-refractivity contribution in [3.05, 3.63) is 70.8 Å². The third-order valence-electron chi connectivity index (χ3n) is 4.93. The van der Waals surface area contributed by atoms with Crippen molar-refractivity contribution in [1.29, 1.82) is 0 Å². The van der Waals surface area contributed by atoms with E-state index in [9.17, 15) is 10.2 Å². The Morgan fingerprint density at radius 1 is 0.727 bits per heavy atom. The molecular weight excluding hydrogens is 272 g/mol. The maximum Gasteiger partial charge on any atom is 0.110 e. The molecular formula is C20H18O2. The molecule has 2 N–H and O–H groups in total. The minimum Gasteiger partial charge on any atom is -0.385 e. The number of aliphatic hydroxyl groups excluding tert-OH is 2. The van der Waals surface area contributed by atoms with E-state index >= 15 is 0 Å². The summed E-state index contributed by atoms with van der Waals surface area (Å²) in [6, 6.07) is 16.1. The largest absolute Gasteiger partial charge is 0.385 e. The van der Waals surface area contributed by atoms with E-state index in [4.69, 9.17) is 0 Å². The van der Waals surface area contributed by atoms with Crippen LogP contribution in [0.3, 0.4) is 0 Å². The van der Waals surface area contributed by atoms with Crippen LogP contribution in [-0.4, -0.2) is 10.2 Å². The maximum absolute atomic E-state index is 10.7. The van der Waals surface area contributed by atoms with Crippen molar-refractivity contribution in [1.82, 2.24) is 0 Å². The molecule has 110 valence electrons. The van der Waals surface area contributed by atoms with Gasteiger partial charge in [0.25, 0.3) is 0 Å². The van der Waals surface area contributed by atoms with Gasteiger partial charge >= 0.3 is 0 Å². The summed E-state index contributed by atoms with van der Waals surface area (Å²) in [5.74, 6) is 0. The first-order chi connectivity index (χ1) is 10.6. The van der Waals surface area contributed by atoms with Crippen LogP contribution in [0.1, 0.15) is 34.5 Å². The predicted molar refractivity (Wildman–Crippen MR) is 88.8 cm³/mol. The number of fused-ring (bicyclic) bond motifs is 4. The molecule has 0 amide bonds. The van der Waals surface area contributed by atoms with Gasteiger partial charge in [-0.3, -0.25) is 0 Å². The van der Waals surface area contributed by atoms with Crippen molar-refractivity contribution >= 4 is 10.8 Å². The summed E-state index contributed by atoms with van der Waals surface area (Å²) in [4.78, 5) is 0. The minimum atomic E-state index is -0.881. The Morgan fingerprint density at radius 3 is 2.05 bits per heavy atom. The zero-order valence-corrected chi connectivity index (χ0v) is 12.7. The van der Waals surface area contributed by atoms with Gasteiger partial charge in [-0.15, -0.1) is 0 Å². The van der Waals surface area contributed by atoms with E-state index in [1.807, 2.05) is 43.3 Å². The second-order valence-corrected chi connectivity index (χ2v) is 6.06. The van der Waals surface area contributed by atoms with Gasteiger partial charge in [0.1, 0.15) is 12.2 Å². The second kappa shape index (κ2) is 4.67. The van der Waals surface area contributed by atoms with Gasteiger partial charge in [0.05, 0.1) is 0 Å². The fraction of sp³-hybridized carbons (Fsp3) is 0.200. The number of hydrogen-bond acceptors (Lipinski definition) is 2. The Morgan fingerprint density at radius 2 is 1.32 bits per heavy atom. The van der Waals surface area contributed by atoms with Crippen LogP contribution in [0.2, 0.25) is 0 Å². The van der Waals surface area contributed by atoms with Crippen molar-refractivity contribution in [2.75, 3.05) is 0 Å². The Labute approximate surface area is 129 Å². The molecule has 0 aliphatic heterocycles. The van der Waals surface area contributed by atoms with Crippen LogP contribution >= 0.6 is 0 Å². The van der Waals surface area contributed by atoms with Crippen LogP contribution < -0.4 is 0 Å². The van der Waals surface area contributed by atoms with E-state index in [1.165, 1.54) is 5.39 Å². The fourth-order valence-electron chi connectivity index (χ4n) is 3.83. The molecule has 3 aromatic rings. The van der Waals surface area contributed by atoms with Crippen molar-refractivity contribution < 1.29 is 10.2 Å². The lowest BCUT2D eigenvalue weighted by Gasteiger charge is -2.32. The summed E-state index contributed by atoms with van der Waals surface area (Å²) in [5.41, 5.74) is 5.99. The van der Waals surface area contributed by atoms with Crippen molar-refractivity contribution in [3.63, 3.8) is 0 Å². The molecule has 0 unspecified atom stereocenters. The summed E-state index contributed by atoms with van der Waals surface area (Å²) >= 11 is 0. The molecule has 0 spiro atoms. The third-order valence-corrected chi connectivity index (χ3v) is 4.93. The number of aryl methyl sites for hydroxylation is 2. The molecule has 0 bridgehead atoms. The molecule has 4 rings (SSSR count). The first kappa shape index (κ1) is 13.5. The van der Waals surface area contributed by atoms with Crippen LogP contribution in [0.5, 0.6) is 0 Å². The summed E-state index contributed by atoms with van der Waals surface area (Å²) in [7, 11) is 0. The molecule has 1 aliphatic carbocycles. The average molecular weight is 290 g/mol. The summed E-state index contributed by atoms with van der Waals surface area (Å²) in [6.07, 6.45) is -1.75. The summed E-state index contributed by atoms with van der Waals surface area (Å²) in [5, 5.41) is 23.6. The van der Waals surface area contributed by atoms with Gasteiger partial charge in [0.2, 0.25) is 0 Å². The Kier molecular flexibility index (Phi) is 2.86. The zero-order valence-electron chi connectivity index (χ0n) is 12.7. The van der Waals surface area contributed by atoms with Gasteiger partial charge in [-0.25, -0.2) is 0 Å². The topological polar surface area (TPSA) is 40.5 Å². The maximum atomic E-state index is 10.7. The van der Waals surface area contributed by atoms with Crippen molar-refractivity contribution in [3.8, 4) is 11.1 Å². The number of rotatable bonds is 0. The lowest BCUT2D eigenvalue weighted by Crippen LogP contribution is -2.19. The Balaban J connectivity index is 2.21. The highest BCUT2D eigenvalue weighted by Gasteiger charge is 2.33. The van der Waals surface area contributed by atoms with E-state index in [2.05, 4.69) is 19.1 Å². The summed E-state index contributed by atoms with van der Waals surface area (Å²) in [6.45, 7) is 4.13. The van der Waals surface area contributed by atoms with E-state index in [-0.39, 0.29) is 0 Å². The Hall–Kier alpha value is -2.16. The Bertz CT molecular complexity index is 896. The first-order valence-electron chi connectivity index (χ1n) is 7.58. The normalized spacial score (nSPS) is 19.8. The van der Waals surface area contributed by atoms with E-state index in [1.54, 1.807) is 0 Å². The van der Waals surface area contributed by atoms with Gasteiger partial charge in [-0.2, -0.15) is 0 Å². The first-order valence-corrected chi connectivity index (χ1v) is 7.58. The number of aliphatic hydroxyl groups is 2. The van der Waals surface area contributed by atoms with E-state index in [0.29, 0.717) is 0 Å². The molecule has 0 aromatic heterocycles. The van der Waals surface area contributed by atoms with Crippen LogP contribution in [0.25, 0.3) is 21.9 Å². The highest BCUT2D eigenvalue weighted by atomic mass is 16.3. The fourth-order valence-corrected chi connectivity index (χ4v) is 3.83. The molecule has 0 heterocycles. The number of benzene rings is 3. The SMILES string of the molecule is Cc1c2c(c(C)c3ccccc13)[C@@H](O)[C@H](O)c1ccccc1-2. The van der Waals surface area contributed by atoms with Crippen LogP contribution in [-0.2, 0) is 0 Å². The molecule has 0 saturated heterocycles. The lowest BCUT2D eigenvalue weighted by molar-refractivity contribution is 0.0155. The van der Waals surface area contributed by atoms with Gasteiger partial charge in [0.15, 0.2) is 0 Å². The molecule has 22 heavy (non-hydrogen) atoms. The molecule has 2 atom stereocenters. The molecule has 2 nitrogen and oxygen atoms in total. The van der Waals surface area contributed by atoms with Gasteiger partial charge < -0.3 is 10.2 Å². The quantitative estimate of drug-likeness (QED) is 0.651. The molecule has 3 aromatic carbocycles. The predicted octanol–water partition coefficient (Wildman–Crippen LogP) is 4.20. The average Bonchev–Trinajstić information content (AvgIpc) is 2.56. The molecule has 0 fully saturated rings. The standard InChI is InChI=1S/C20H18O2/c1-11-13-7-3-4-8-14(13)12(2)18-17(11)15-9-5-6-10-16(15)19(21)20(18)22/h3-10,19-22H,1-2H3/t19-,20-/m1/s1. The molecule has 0 saturated carbocycles. The molecule has 2 heteroatoms. The van der Waals surface area contributed by atoms with Crippen LogP contribution in [0.15, 0.2) is 48.5 Å². The van der Waals surface area contributed by atoms with Gasteiger partial charge in [-0.1, -0.05) is 48.5 Å². The smallest absolute Gasteiger partial charge is 0.110 e. The molecule has 0 radical (unpaired) electrons. The lowest BCUT2D eigenvalue weighted by atomic mass is 9.76. The number of hydrogen-bond donors (Lipinski definition) is 2.